The smallest absolute Gasteiger partial charge is 0.171 e. The molecule has 0 unspecified atom stereocenters. The third kappa shape index (κ3) is 4.60. The van der Waals surface area contributed by atoms with Gasteiger partial charge in [0.25, 0.3) is 0 Å². The van der Waals surface area contributed by atoms with Gasteiger partial charge in [-0.3, -0.25) is 13.7 Å². The molecule has 0 saturated carbocycles. The summed E-state index contributed by atoms with van der Waals surface area (Å²) in [5.41, 5.74) is 5.85. The summed E-state index contributed by atoms with van der Waals surface area (Å²) in [4.78, 5) is 4.71. The van der Waals surface area contributed by atoms with Crippen LogP contribution in [0.15, 0.2) is 141 Å². The first-order valence-corrected chi connectivity index (χ1v) is 15.3. The van der Waals surface area contributed by atoms with E-state index >= 15 is 0 Å². The molecule has 11 nitrogen and oxygen atoms in total. The summed E-state index contributed by atoms with van der Waals surface area (Å²) in [5.74, 6) is 3.62. The molecule has 0 bridgehead atoms. The van der Waals surface area contributed by atoms with Crippen LogP contribution in [0.4, 0.5) is 0 Å². The first-order chi connectivity index (χ1) is 23.7. The van der Waals surface area contributed by atoms with E-state index in [1.54, 1.807) is 29.9 Å². The molecule has 5 aromatic heterocycles. The second-order valence-electron chi connectivity index (χ2n) is 11.4. The molecule has 0 spiro atoms. The van der Waals surface area contributed by atoms with Crippen LogP contribution in [-0.2, 0) is 0 Å². The van der Waals surface area contributed by atoms with E-state index in [1.807, 2.05) is 82.2 Å². The molecule has 48 heavy (non-hydrogen) atoms. The van der Waals surface area contributed by atoms with Crippen LogP contribution in [0.1, 0.15) is 5.56 Å². The Morgan fingerprint density at radius 1 is 0.604 bits per heavy atom. The topological polar surface area (TPSA) is 106 Å². The highest BCUT2D eigenvalue weighted by molar-refractivity contribution is 6.09. The maximum Gasteiger partial charge on any atom is 0.171 e. The number of para-hydroxylation sites is 1. The lowest BCUT2D eigenvalue weighted by molar-refractivity contribution is 0.483. The van der Waals surface area contributed by atoms with Gasteiger partial charge in [-0.2, -0.15) is 0 Å². The van der Waals surface area contributed by atoms with Crippen molar-refractivity contribution in [3.05, 3.63) is 146 Å². The zero-order chi connectivity index (χ0) is 32.0. The summed E-state index contributed by atoms with van der Waals surface area (Å²) in [6.07, 6.45) is 8.44. The van der Waals surface area contributed by atoms with Crippen molar-refractivity contribution in [2.75, 3.05) is 0 Å². The molecule has 230 valence electrons. The lowest BCUT2D eigenvalue weighted by Crippen LogP contribution is -2.05. The molecule has 5 heterocycles. The normalized spacial score (nSPS) is 11.4. The van der Waals surface area contributed by atoms with E-state index in [0.717, 1.165) is 55.8 Å². The lowest BCUT2D eigenvalue weighted by Gasteiger charge is -2.12. The predicted octanol–water partition coefficient (Wildman–Crippen LogP) is 7.29. The van der Waals surface area contributed by atoms with Crippen LogP contribution in [0.5, 0.6) is 11.5 Å². The number of hydrogen-bond acceptors (Lipinski definition) is 7. The Kier molecular flexibility index (Phi) is 6.39. The van der Waals surface area contributed by atoms with Crippen molar-refractivity contribution in [1.29, 1.82) is 0 Å². The Morgan fingerprint density at radius 2 is 1.33 bits per heavy atom. The number of nitrogens with zero attached hydrogens (tertiary/aromatic N) is 10. The van der Waals surface area contributed by atoms with Gasteiger partial charge in [0.1, 0.15) is 42.6 Å². The van der Waals surface area contributed by atoms with Gasteiger partial charge in [0.05, 0.1) is 22.3 Å². The maximum absolute atomic E-state index is 6.55. The van der Waals surface area contributed by atoms with Crippen molar-refractivity contribution < 1.29 is 4.74 Å². The predicted molar refractivity (Wildman–Crippen MR) is 182 cm³/mol. The fraction of sp³-hybridized carbons (Fsp3) is 0.0270. The standard InChI is InChI=1S/C37H26N10O/c1-25-16-17-38-34(18-25)46-32-13-6-5-12-30(32)31-15-14-29(20-33(31)46)48-28-11-7-10-27(19-28)47-37(45-23-41-42-24-45)35(26-8-3-2-4-9-26)36(43-47)44-21-39-40-22-44/h2-24H,1H3. The zero-order valence-electron chi connectivity index (χ0n) is 25.7. The summed E-state index contributed by atoms with van der Waals surface area (Å²) in [6, 6.07) is 36.6. The molecule has 9 aromatic rings. The zero-order valence-corrected chi connectivity index (χ0v) is 25.7. The Labute approximate surface area is 274 Å². The van der Waals surface area contributed by atoms with Crippen molar-refractivity contribution in [3.8, 4) is 45.8 Å². The molecule has 0 amide bonds. The van der Waals surface area contributed by atoms with E-state index < -0.39 is 0 Å². The summed E-state index contributed by atoms with van der Waals surface area (Å²) >= 11 is 0. The minimum absolute atomic E-state index is 0.653. The maximum atomic E-state index is 6.55. The second kappa shape index (κ2) is 11.2. The Hall–Kier alpha value is -6.88. The lowest BCUT2D eigenvalue weighted by atomic mass is 10.1. The van der Waals surface area contributed by atoms with Gasteiger partial charge in [0.15, 0.2) is 11.6 Å². The molecule has 0 saturated heterocycles. The van der Waals surface area contributed by atoms with Crippen LogP contribution in [0.25, 0.3) is 56.1 Å². The van der Waals surface area contributed by atoms with Gasteiger partial charge in [-0.15, -0.1) is 25.5 Å². The fourth-order valence-corrected chi connectivity index (χ4v) is 6.20. The largest absolute Gasteiger partial charge is 0.457 e. The van der Waals surface area contributed by atoms with E-state index in [1.165, 1.54) is 0 Å². The van der Waals surface area contributed by atoms with Gasteiger partial charge in [0, 0.05) is 29.1 Å². The Balaban J connectivity index is 1.17. The second-order valence-corrected chi connectivity index (χ2v) is 11.4. The molecule has 11 heteroatoms. The van der Waals surface area contributed by atoms with E-state index in [4.69, 9.17) is 14.8 Å². The number of rotatable bonds is 7. The molecule has 0 radical (unpaired) electrons. The molecule has 0 fully saturated rings. The molecule has 0 atom stereocenters. The van der Waals surface area contributed by atoms with Crippen molar-refractivity contribution >= 4 is 21.8 Å². The molecule has 0 aliphatic heterocycles. The number of pyridine rings is 1. The van der Waals surface area contributed by atoms with Crippen molar-refractivity contribution in [3.63, 3.8) is 0 Å². The number of aryl methyl sites for hydroxylation is 1. The molecule has 4 aromatic carbocycles. The van der Waals surface area contributed by atoms with Gasteiger partial charge in [-0.1, -0.05) is 54.6 Å². The average Bonchev–Trinajstić information content (AvgIpc) is 3.94. The van der Waals surface area contributed by atoms with Gasteiger partial charge in [0.2, 0.25) is 0 Å². The first-order valence-electron chi connectivity index (χ1n) is 15.3. The number of hydrogen-bond donors (Lipinski definition) is 0. The minimum Gasteiger partial charge on any atom is -0.457 e. The van der Waals surface area contributed by atoms with Crippen LogP contribution < -0.4 is 4.74 Å². The van der Waals surface area contributed by atoms with Crippen molar-refractivity contribution in [1.82, 2.24) is 48.9 Å². The van der Waals surface area contributed by atoms with Gasteiger partial charge in [-0.25, -0.2) is 9.67 Å². The van der Waals surface area contributed by atoms with Gasteiger partial charge < -0.3 is 4.74 Å². The summed E-state index contributed by atoms with van der Waals surface area (Å²) in [6.45, 7) is 2.08. The average molecular weight is 627 g/mol. The van der Waals surface area contributed by atoms with Crippen LogP contribution in [0.3, 0.4) is 0 Å². The number of aromatic nitrogens is 10. The highest BCUT2D eigenvalue weighted by atomic mass is 16.5. The van der Waals surface area contributed by atoms with E-state index in [9.17, 15) is 0 Å². The van der Waals surface area contributed by atoms with E-state index in [2.05, 4.69) is 74.4 Å². The van der Waals surface area contributed by atoms with Crippen LogP contribution >= 0.6 is 0 Å². The van der Waals surface area contributed by atoms with Crippen molar-refractivity contribution in [2.24, 2.45) is 0 Å². The summed E-state index contributed by atoms with van der Waals surface area (Å²) in [5, 5.41) is 23.6. The SMILES string of the molecule is Cc1ccnc(-n2c3ccccc3c3ccc(Oc4cccc(-n5nc(-n6cnnc6)c(-c6ccccc6)c5-n5cnnc5)c4)cc32)c1. The van der Waals surface area contributed by atoms with Crippen molar-refractivity contribution in [2.45, 2.75) is 6.92 Å². The minimum atomic E-state index is 0.653. The summed E-state index contributed by atoms with van der Waals surface area (Å²) in [7, 11) is 0. The number of benzene rings is 4. The molecule has 9 rings (SSSR count). The Morgan fingerprint density at radius 3 is 2.15 bits per heavy atom. The van der Waals surface area contributed by atoms with Crippen LogP contribution in [0.2, 0.25) is 0 Å². The molecular formula is C37H26N10O. The third-order valence-electron chi connectivity index (χ3n) is 8.30. The van der Waals surface area contributed by atoms with Gasteiger partial charge >= 0.3 is 0 Å². The highest BCUT2D eigenvalue weighted by Crippen LogP contribution is 2.37. The fourth-order valence-electron chi connectivity index (χ4n) is 6.20. The molecule has 0 N–H and O–H groups in total. The van der Waals surface area contributed by atoms with E-state index in [-0.39, 0.29) is 0 Å². The van der Waals surface area contributed by atoms with Gasteiger partial charge in [-0.05, 0) is 60.5 Å². The third-order valence-corrected chi connectivity index (χ3v) is 8.30. The molecular weight excluding hydrogens is 600 g/mol. The number of fused-ring (bicyclic) bond motifs is 3. The highest BCUT2D eigenvalue weighted by Gasteiger charge is 2.24. The van der Waals surface area contributed by atoms with Crippen LogP contribution in [-0.4, -0.2) is 48.9 Å². The Bertz CT molecular complexity index is 2550. The number of ether oxygens (including phenoxy) is 1. The molecule has 0 aliphatic carbocycles. The van der Waals surface area contributed by atoms with E-state index in [0.29, 0.717) is 17.3 Å². The summed E-state index contributed by atoms with van der Waals surface area (Å²) < 4.78 is 14.2. The monoisotopic (exact) mass is 626 g/mol. The first kappa shape index (κ1) is 27.4. The van der Waals surface area contributed by atoms with Crippen LogP contribution in [0, 0.1) is 6.92 Å². The quantitative estimate of drug-likeness (QED) is 0.183. The molecule has 0 aliphatic rings.